The molecule has 1 aromatic heterocycles. The molecule has 100 valence electrons. The highest BCUT2D eigenvalue weighted by Gasteiger charge is 2.14. The molecular formula is C12H18BrN3O2. The van der Waals surface area contributed by atoms with Crippen molar-refractivity contribution in [2.75, 3.05) is 19.7 Å². The van der Waals surface area contributed by atoms with E-state index in [4.69, 9.17) is 4.74 Å². The van der Waals surface area contributed by atoms with Gasteiger partial charge in [0.2, 0.25) is 0 Å². The minimum absolute atomic E-state index is 0.0265. The Kier molecular flexibility index (Phi) is 4.91. The zero-order valence-electron chi connectivity index (χ0n) is 10.5. The molecule has 0 radical (unpaired) electrons. The van der Waals surface area contributed by atoms with Crippen LogP contribution in [0.2, 0.25) is 0 Å². The number of aryl methyl sites for hydroxylation is 1. The number of hydrogen-bond acceptors (Lipinski definition) is 4. The second-order valence-electron chi connectivity index (χ2n) is 4.48. The van der Waals surface area contributed by atoms with Gasteiger partial charge in [-0.3, -0.25) is 9.36 Å². The summed E-state index contributed by atoms with van der Waals surface area (Å²) < 4.78 is 7.67. The zero-order chi connectivity index (χ0) is 13.0. The van der Waals surface area contributed by atoms with E-state index in [0.717, 1.165) is 38.2 Å². The number of aromatic nitrogens is 2. The van der Waals surface area contributed by atoms with Crippen molar-refractivity contribution < 1.29 is 4.74 Å². The van der Waals surface area contributed by atoms with E-state index in [2.05, 4.69) is 26.2 Å². The molecule has 0 bridgehead atoms. The molecule has 1 atom stereocenters. The lowest BCUT2D eigenvalue weighted by Crippen LogP contribution is -2.32. The van der Waals surface area contributed by atoms with Gasteiger partial charge in [0, 0.05) is 26.2 Å². The Morgan fingerprint density at radius 1 is 1.67 bits per heavy atom. The predicted octanol–water partition coefficient (Wildman–Crippen LogP) is 1.08. The highest BCUT2D eigenvalue weighted by molar-refractivity contribution is 9.10. The summed E-state index contributed by atoms with van der Waals surface area (Å²) in [5.41, 5.74) is 0.699. The van der Waals surface area contributed by atoms with Crippen LogP contribution in [0.1, 0.15) is 18.5 Å². The molecule has 1 N–H and O–H groups in total. The maximum atomic E-state index is 11.9. The number of halogens is 1. The molecule has 0 aromatic carbocycles. The number of hydrogen-bond donors (Lipinski definition) is 1. The van der Waals surface area contributed by atoms with Crippen molar-refractivity contribution in [2.45, 2.75) is 32.4 Å². The Bertz CT molecular complexity index is 455. The first-order valence-electron chi connectivity index (χ1n) is 6.22. The van der Waals surface area contributed by atoms with Gasteiger partial charge in [0.25, 0.3) is 5.56 Å². The number of nitrogens with one attached hydrogen (secondary N) is 1. The van der Waals surface area contributed by atoms with Gasteiger partial charge in [-0.15, -0.1) is 0 Å². The second-order valence-corrected chi connectivity index (χ2v) is 5.27. The van der Waals surface area contributed by atoms with Gasteiger partial charge in [-0.25, -0.2) is 4.98 Å². The molecule has 0 aliphatic carbocycles. The maximum absolute atomic E-state index is 11.9. The molecule has 1 unspecified atom stereocenters. The van der Waals surface area contributed by atoms with Gasteiger partial charge in [0.15, 0.2) is 0 Å². The van der Waals surface area contributed by atoms with Crippen molar-refractivity contribution in [3.05, 3.63) is 26.8 Å². The van der Waals surface area contributed by atoms with E-state index in [0.29, 0.717) is 17.1 Å². The number of nitrogens with zero attached hydrogens (tertiary/aromatic N) is 2. The van der Waals surface area contributed by atoms with Crippen LogP contribution in [0.3, 0.4) is 0 Å². The standard InChI is InChI=1S/C12H18BrN3O2/c1-9-11(13)12(17)16(8-15-9)5-4-14-7-10-3-2-6-18-10/h8,10,14H,2-7H2,1H3. The SMILES string of the molecule is Cc1ncn(CCNCC2CCCO2)c(=O)c1Br. The van der Waals surface area contributed by atoms with Crippen LogP contribution in [-0.2, 0) is 11.3 Å². The molecule has 1 saturated heterocycles. The van der Waals surface area contributed by atoms with Gasteiger partial charge in [-0.1, -0.05) is 0 Å². The third-order valence-corrected chi connectivity index (χ3v) is 4.00. The fourth-order valence-corrected chi connectivity index (χ4v) is 2.30. The monoisotopic (exact) mass is 315 g/mol. The summed E-state index contributed by atoms with van der Waals surface area (Å²) in [6.07, 6.45) is 4.21. The summed E-state index contributed by atoms with van der Waals surface area (Å²) in [5.74, 6) is 0. The molecule has 2 rings (SSSR count). The van der Waals surface area contributed by atoms with Crippen molar-refractivity contribution in [3.63, 3.8) is 0 Å². The average molecular weight is 316 g/mol. The fourth-order valence-electron chi connectivity index (χ4n) is 1.97. The van der Waals surface area contributed by atoms with Gasteiger partial charge < -0.3 is 10.1 Å². The summed E-state index contributed by atoms with van der Waals surface area (Å²) in [6, 6.07) is 0. The first-order chi connectivity index (χ1) is 8.68. The summed E-state index contributed by atoms with van der Waals surface area (Å²) in [4.78, 5) is 16.0. The second kappa shape index (κ2) is 6.45. The number of rotatable bonds is 5. The van der Waals surface area contributed by atoms with Gasteiger partial charge >= 0.3 is 0 Å². The van der Waals surface area contributed by atoms with Gasteiger partial charge in [0.1, 0.15) is 4.47 Å². The smallest absolute Gasteiger partial charge is 0.267 e. The van der Waals surface area contributed by atoms with Gasteiger partial charge in [-0.05, 0) is 35.7 Å². The highest BCUT2D eigenvalue weighted by atomic mass is 79.9. The van der Waals surface area contributed by atoms with Crippen LogP contribution in [0.5, 0.6) is 0 Å². The predicted molar refractivity (Wildman–Crippen MR) is 72.8 cm³/mol. The largest absolute Gasteiger partial charge is 0.377 e. The summed E-state index contributed by atoms with van der Waals surface area (Å²) in [5, 5.41) is 3.31. The lowest BCUT2D eigenvalue weighted by molar-refractivity contribution is 0.110. The van der Waals surface area contributed by atoms with Gasteiger partial charge in [0.05, 0.1) is 18.1 Å². The lowest BCUT2D eigenvalue weighted by atomic mass is 10.2. The van der Waals surface area contributed by atoms with E-state index >= 15 is 0 Å². The van der Waals surface area contributed by atoms with Crippen LogP contribution in [-0.4, -0.2) is 35.4 Å². The third kappa shape index (κ3) is 3.40. The number of ether oxygens (including phenoxy) is 1. The third-order valence-electron chi connectivity index (χ3n) is 3.08. The summed E-state index contributed by atoms with van der Waals surface area (Å²) in [6.45, 7) is 4.91. The van der Waals surface area contributed by atoms with E-state index in [1.54, 1.807) is 10.9 Å². The molecule has 1 fully saturated rings. The Morgan fingerprint density at radius 3 is 3.22 bits per heavy atom. The molecule has 18 heavy (non-hydrogen) atoms. The maximum Gasteiger partial charge on any atom is 0.267 e. The van der Waals surface area contributed by atoms with Crippen LogP contribution < -0.4 is 10.9 Å². The molecular weight excluding hydrogens is 298 g/mol. The summed E-state index contributed by atoms with van der Waals surface area (Å²) in [7, 11) is 0. The average Bonchev–Trinajstić information content (AvgIpc) is 2.87. The molecule has 1 aromatic rings. The van der Waals surface area contributed by atoms with E-state index < -0.39 is 0 Å². The molecule has 5 nitrogen and oxygen atoms in total. The highest BCUT2D eigenvalue weighted by Crippen LogP contribution is 2.10. The fraction of sp³-hybridized carbons (Fsp3) is 0.667. The Labute approximate surface area is 115 Å². The Morgan fingerprint density at radius 2 is 2.50 bits per heavy atom. The van der Waals surface area contributed by atoms with Crippen LogP contribution in [0.25, 0.3) is 0 Å². The molecule has 0 spiro atoms. The molecule has 6 heteroatoms. The minimum atomic E-state index is -0.0265. The molecule has 0 saturated carbocycles. The van der Waals surface area contributed by atoms with Crippen molar-refractivity contribution >= 4 is 15.9 Å². The van der Waals surface area contributed by atoms with E-state index in [1.807, 2.05) is 6.92 Å². The van der Waals surface area contributed by atoms with E-state index in [1.165, 1.54) is 0 Å². The topological polar surface area (TPSA) is 56.1 Å². The van der Waals surface area contributed by atoms with Crippen LogP contribution >= 0.6 is 15.9 Å². The first-order valence-corrected chi connectivity index (χ1v) is 7.01. The molecule has 2 heterocycles. The normalized spacial score (nSPS) is 19.3. The van der Waals surface area contributed by atoms with Crippen molar-refractivity contribution in [1.82, 2.24) is 14.9 Å². The van der Waals surface area contributed by atoms with E-state index in [9.17, 15) is 4.79 Å². The molecule has 1 aliphatic heterocycles. The van der Waals surface area contributed by atoms with E-state index in [-0.39, 0.29) is 5.56 Å². The van der Waals surface area contributed by atoms with Crippen molar-refractivity contribution in [3.8, 4) is 0 Å². The van der Waals surface area contributed by atoms with Crippen LogP contribution in [0.4, 0.5) is 0 Å². The lowest BCUT2D eigenvalue weighted by Gasteiger charge is -2.11. The Hall–Kier alpha value is -0.720. The Balaban J connectivity index is 1.79. The minimum Gasteiger partial charge on any atom is -0.377 e. The quantitative estimate of drug-likeness (QED) is 0.826. The van der Waals surface area contributed by atoms with Crippen LogP contribution in [0, 0.1) is 6.92 Å². The van der Waals surface area contributed by atoms with Crippen molar-refractivity contribution in [2.24, 2.45) is 0 Å². The first kappa shape index (κ1) is 13.7. The summed E-state index contributed by atoms with van der Waals surface area (Å²) >= 11 is 3.26. The van der Waals surface area contributed by atoms with Crippen LogP contribution in [0.15, 0.2) is 15.6 Å². The molecule has 1 aliphatic rings. The van der Waals surface area contributed by atoms with Crippen molar-refractivity contribution in [1.29, 1.82) is 0 Å². The zero-order valence-corrected chi connectivity index (χ0v) is 12.1. The molecule has 0 amide bonds. The van der Waals surface area contributed by atoms with Gasteiger partial charge in [-0.2, -0.15) is 0 Å².